The van der Waals surface area contributed by atoms with Crippen molar-refractivity contribution in [3.63, 3.8) is 0 Å². The zero-order valence-electron chi connectivity index (χ0n) is 7.60. The molecule has 0 fully saturated rings. The van der Waals surface area contributed by atoms with Crippen molar-refractivity contribution >= 4 is 12.1 Å². The maximum atomic E-state index is 11.1. The van der Waals surface area contributed by atoms with Crippen molar-refractivity contribution in [3.8, 4) is 0 Å². The third kappa shape index (κ3) is 1.19. The molecule has 0 saturated heterocycles. The number of nitrogens with zero attached hydrogens (tertiary/aromatic N) is 2. The second-order valence-electron chi connectivity index (χ2n) is 2.94. The van der Waals surface area contributed by atoms with Gasteiger partial charge in [0.05, 0.1) is 11.8 Å². The first kappa shape index (κ1) is 8.55. The molecule has 5 heteroatoms. The number of hydrogen-bond acceptors (Lipinski definition) is 4. The number of hydrogen-bond donors (Lipinski definition) is 1. The van der Waals surface area contributed by atoms with Gasteiger partial charge in [-0.15, -0.1) is 0 Å². The standard InChI is InChI=1S/C9H9N3O2/c1-12-4-2-3-7-8(12)6(9(10)13)5-11-14-7/h2-5H,1H3,(H2,10,13). The lowest BCUT2D eigenvalue weighted by atomic mass is 10.1. The van der Waals surface area contributed by atoms with E-state index in [-0.39, 0.29) is 0 Å². The molecule has 0 spiro atoms. The Morgan fingerprint density at radius 2 is 2.43 bits per heavy atom. The van der Waals surface area contributed by atoms with E-state index < -0.39 is 5.91 Å². The van der Waals surface area contributed by atoms with Crippen LogP contribution in [0.1, 0.15) is 0 Å². The normalized spacial score (nSPS) is 18.9. The van der Waals surface area contributed by atoms with Crippen LogP contribution in [0.15, 0.2) is 40.5 Å². The predicted octanol–water partition coefficient (Wildman–Crippen LogP) is 0.0848. The van der Waals surface area contributed by atoms with Gasteiger partial charge in [-0.3, -0.25) is 4.79 Å². The Morgan fingerprint density at radius 1 is 1.64 bits per heavy atom. The lowest BCUT2D eigenvalue weighted by Gasteiger charge is -2.25. The van der Waals surface area contributed by atoms with Crippen LogP contribution in [0.25, 0.3) is 0 Å². The molecule has 0 saturated carbocycles. The van der Waals surface area contributed by atoms with Gasteiger partial charge < -0.3 is 15.5 Å². The SMILES string of the molecule is CN1C=CC=C2ON=CC(C(N)=O)=C21. The lowest BCUT2D eigenvalue weighted by molar-refractivity contribution is -0.114. The number of allylic oxidation sites excluding steroid dienone is 2. The van der Waals surface area contributed by atoms with E-state index in [1.165, 1.54) is 6.21 Å². The van der Waals surface area contributed by atoms with Crippen LogP contribution in [-0.4, -0.2) is 24.1 Å². The zero-order chi connectivity index (χ0) is 10.1. The second-order valence-corrected chi connectivity index (χ2v) is 2.94. The summed E-state index contributed by atoms with van der Waals surface area (Å²) in [5, 5.41) is 3.59. The van der Waals surface area contributed by atoms with Crippen molar-refractivity contribution in [2.45, 2.75) is 0 Å². The van der Waals surface area contributed by atoms with Gasteiger partial charge in [0.15, 0.2) is 5.76 Å². The Hall–Kier alpha value is -2.04. The van der Waals surface area contributed by atoms with Gasteiger partial charge in [0, 0.05) is 13.2 Å². The molecular formula is C9H9N3O2. The summed E-state index contributed by atoms with van der Waals surface area (Å²) in [6.07, 6.45) is 6.67. The highest BCUT2D eigenvalue weighted by atomic mass is 16.6. The molecule has 0 aliphatic carbocycles. The summed E-state index contributed by atoms with van der Waals surface area (Å²) in [6.45, 7) is 0. The average Bonchev–Trinajstić information content (AvgIpc) is 2.17. The van der Waals surface area contributed by atoms with Gasteiger partial charge in [0.2, 0.25) is 0 Å². The van der Waals surface area contributed by atoms with E-state index in [2.05, 4.69) is 5.16 Å². The molecule has 0 bridgehead atoms. The number of rotatable bonds is 1. The molecule has 14 heavy (non-hydrogen) atoms. The van der Waals surface area contributed by atoms with Crippen molar-refractivity contribution in [3.05, 3.63) is 35.4 Å². The Bertz CT molecular complexity index is 404. The van der Waals surface area contributed by atoms with E-state index in [1.54, 1.807) is 17.1 Å². The molecule has 2 aliphatic rings. The highest BCUT2D eigenvalue weighted by molar-refractivity contribution is 6.12. The molecule has 0 aromatic heterocycles. The number of nitrogens with two attached hydrogens (primary N) is 1. The molecule has 2 heterocycles. The van der Waals surface area contributed by atoms with E-state index in [1.807, 2.05) is 13.2 Å². The summed E-state index contributed by atoms with van der Waals surface area (Å²) in [4.78, 5) is 17.9. The highest BCUT2D eigenvalue weighted by Gasteiger charge is 2.24. The Balaban J connectivity index is 2.55. The second kappa shape index (κ2) is 3.02. The van der Waals surface area contributed by atoms with Crippen LogP contribution in [-0.2, 0) is 9.63 Å². The fraction of sp³-hybridized carbons (Fsp3) is 0.111. The molecule has 0 aromatic rings. The fourth-order valence-electron chi connectivity index (χ4n) is 1.36. The van der Waals surface area contributed by atoms with Crippen LogP contribution in [0.5, 0.6) is 0 Å². The van der Waals surface area contributed by atoms with E-state index in [9.17, 15) is 4.79 Å². The van der Waals surface area contributed by atoms with Gasteiger partial charge in [0.1, 0.15) is 5.70 Å². The van der Waals surface area contributed by atoms with Gasteiger partial charge >= 0.3 is 0 Å². The van der Waals surface area contributed by atoms with Gasteiger partial charge in [-0.05, 0) is 12.2 Å². The first-order valence-corrected chi connectivity index (χ1v) is 4.06. The average molecular weight is 191 g/mol. The summed E-state index contributed by atoms with van der Waals surface area (Å²) in [6, 6.07) is 0. The summed E-state index contributed by atoms with van der Waals surface area (Å²) in [5.41, 5.74) is 6.22. The van der Waals surface area contributed by atoms with E-state index in [0.717, 1.165) is 0 Å². The molecular weight excluding hydrogens is 182 g/mol. The number of carbonyl (C=O) groups is 1. The fourth-order valence-corrected chi connectivity index (χ4v) is 1.36. The number of likely N-dealkylation sites (N-methyl/N-ethyl adjacent to an activating group) is 1. The minimum atomic E-state index is -0.514. The van der Waals surface area contributed by atoms with Crippen molar-refractivity contribution in [1.82, 2.24) is 4.90 Å². The van der Waals surface area contributed by atoms with E-state index in [0.29, 0.717) is 17.0 Å². The minimum absolute atomic E-state index is 0.356. The smallest absolute Gasteiger partial charge is 0.252 e. The monoisotopic (exact) mass is 191 g/mol. The van der Waals surface area contributed by atoms with E-state index in [4.69, 9.17) is 10.6 Å². The Labute approximate surface area is 80.8 Å². The van der Waals surface area contributed by atoms with Crippen LogP contribution < -0.4 is 5.73 Å². The third-order valence-corrected chi connectivity index (χ3v) is 2.00. The molecule has 0 atom stereocenters. The molecule has 0 unspecified atom stereocenters. The van der Waals surface area contributed by atoms with Crippen molar-refractivity contribution in [1.29, 1.82) is 0 Å². The highest BCUT2D eigenvalue weighted by Crippen LogP contribution is 2.25. The first-order chi connectivity index (χ1) is 6.70. The van der Waals surface area contributed by atoms with Crippen LogP contribution in [0.2, 0.25) is 0 Å². The van der Waals surface area contributed by atoms with Crippen molar-refractivity contribution in [2.24, 2.45) is 10.9 Å². The van der Waals surface area contributed by atoms with Crippen molar-refractivity contribution in [2.75, 3.05) is 7.05 Å². The summed E-state index contributed by atoms with van der Waals surface area (Å²) in [7, 11) is 1.81. The topological polar surface area (TPSA) is 67.9 Å². The number of primary amides is 1. The Kier molecular flexibility index (Phi) is 1.85. The van der Waals surface area contributed by atoms with E-state index >= 15 is 0 Å². The third-order valence-electron chi connectivity index (χ3n) is 2.00. The molecule has 0 aromatic carbocycles. The number of fused-ring (bicyclic) bond motifs is 1. The lowest BCUT2D eigenvalue weighted by Crippen LogP contribution is -2.27. The maximum Gasteiger partial charge on any atom is 0.252 e. The molecule has 5 nitrogen and oxygen atoms in total. The number of oxime groups is 1. The predicted molar refractivity (Wildman–Crippen MR) is 50.8 cm³/mol. The summed E-state index contributed by atoms with van der Waals surface area (Å²) < 4.78 is 0. The van der Waals surface area contributed by atoms with Crippen LogP contribution in [0, 0.1) is 0 Å². The molecule has 2 rings (SSSR count). The molecule has 72 valence electrons. The molecule has 0 radical (unpaired) electrons. The summed E-state index contributed by atoms with van der Waals surface area (Å²) in [5.74, 6) is 0.0198. The summed E-state index contributed by atoms with van der Waals surface area (Å²) >= 11 is 0. The number of carbonyl (C=O) groups excluding carboxylic acids is 1. The minimum Gasteiger partial charge on any atom is -0.365 e. The zero-order valence-corrected chi connectivity index (χ0v) is 7.60. The molecule has 2 aliphatic heterocycles. The van der Waals surface area contributed by atoms with Gasteiger partial charge in [0.25, 0.3) is 5.91 Å². The number of amides is 1. The maximum absolute atomic E-state index is 11.1. The van der Waals surface area contributed by atoms with Gasteiger partial charge in [-0.25, -0.2) is 0 Å². The molecule has 2 N–H and O–H groups in total. The molecule has 1 amide bonds. The largest absolute Gasteiger partial charge is 0.365 e. The Morgan fingerprint density at radius 3 is 3.14 bits per heavy atom. The van der Waals surface area contributed by atoms with Crippen LogP contribution >= 0.6 is 0 Å². The van der Waals surface area contributed by atoms with Crippen molar-refractivity contribution < 1.29 is 9.63 Å². The van der Waals surface area contributed by atoms with Crippen LogP contribution in [0.3, 0.4) is 0 Å². The van der Waals surface area contributed by atoms with Crippen LogP contribution in [0.4, 0.5) is 0 Å². The van der Waals surface area contributed by atoms with Gasteiger partial charge in [-0.1, -0.05) is 5.16 Å². The first-order valence-electron chi connectivity index (χ1n) is 4.06. The quantitative estimate of drug-likeness (QED) is 0.638. The van der Waals surface area contributed by atoms with Gasteiger partial charge in [-0.2, -0.15) is 0 Å².